The zero-order chi connectivity index (χ0) is 8.41. The van der Waals surface area contributed by atoms with E-state index in [1.165, 1.54) is 12.2 Å². The molecule has 10 heavy (non-hydrogen) atoms. The van der Waals surface area contributed by atoms with E-state index >= 15 is 0 Å². The zero-order valence-corrected chi connectivity index (χ0v) is 5.58. The summed E-state index contributed by atoms with van der Waals surface area (Å²) in [6.45, 7) is 6.34. The van der Waals surface area contributed by atoms with E-state index in [4.69, 9.17) is 10.4 Å². The van der Waals surface area contributed by atoms with E-state index in [-0.39, 0.29) is 6.42 Å². The molecule has 54 valence electrons. The number of carbonyl (C=O) groups is 1. The van der Waals surface area contributed by atoms with Crippen LogP contribution >= 0.6 is 0 Å². The Morgan fingerprint density at radius 1 is 1.70 bits per heavy atom. The summed E-state index contributed by atoms with van der Waals surface area (Å²) in [6.07, 6.45) is 2.59. The Morgan fingerprint density at radius 3 is 2.10 bits per heavy atom. The van der Waals surface area contributed by atoms with Crippen molar-refractivity contribution < 1.29 is 9.90 Å². The number of carboxylic acid groups (broad SMARTS) is 1. The Labute approximate surface area is 59.9 Å². The molecule has 0 aliphatic rings. The van der Waals surface area contributed by atoms with Gasteiger partial charge < -0.3 is 5.11 Å². The molecule has 0 aliphatic carbocycles. The summed E-state index contributed by atoms with van der Waals surface area (Å²) >= 11 is 0. The van der Waals surface area contributed by atoms with Gasteiger partial charge in [0.05, 0.1) is 12.5 Å². The molecule has 3 heteroatoms. The third-order valence-electron chi connectivity index (χ3n) is 0.410. The van der Waals surface area contributed by atoms with Crippen molar-refractivity contribution in [3.8, 4) is 6.07 Å². The molecule has 0 saturated heterocycles. The Hall–Kier alpha value is -1.56. The maximum absolute atomic E-state index is 9.53. The molecule has 0 bridgehead atoms. The van der Waals surface area contributed by atoms with Gasteiger partial charge in [0.1, 0.15) is 0 Å². The van der Waals surface area contributed by atoms with Crippen molar-refractivity contribution in [2.45, 2.75) is 6.42 Å². The molecule has 0 fully saturated rings. The van der Waals surface area contributed by atoms with Crippen LogP contribution in [0.5, 0.6) is 0 Å². The van der Waals surface area contributed by atoms with E-state index in [0.717, 1.165) is 0 Å². The third kappa shape index (κ3) is 32.0. The average Bonchev–Trinajstić information content (AvgIpc) is 1.89. The van der Waals surface area contributed by atoms with Crippen LogP contribution in [0.25, 0.3) is 0 Å². The van der Waals surface area contributed by atoms with Crippen molar-refractivity contribution in [1.29, 1.82) is 5.26 Å². The largest absolute Gasteiger partial charge is 0.481 e. The van der Waals surface area contributed by atoms with Gasteiger partial charge in [-0.2, -0.15) is 5.26 Å². The topological polar surface area (TPSA) is 61.1 Å². The molecule has 0 aromatic rings. The van der Waals surface area contributed by atoms with Crippen LogP contribution in [0.4, 0.5) is 0 Å². The fourth-order valence-electron chi connectivity index (χ4n) is 0.123. The monoisotopic (exact) mass is 139 g/mol. The van der Waals surface area contributed by atoms with Gasteiger partial charge in [-0.3, -0.25) is 4.79 Å². The Balaban J connectivity index is 0. The minimum absolute atomic E-state index is 0.0556. The quantitative estimate of drug-likeness (QED) is 0.464. The number of nitrogens with zero attached hydrogens (tertiary/aromatic N) is 1. The molecular weight excluding hydrogens is 130 g/mol. The molecule has 0 spiro atoms. The molecule has 0 aliphatic heterocycles. The van der Waals surface area contributed by atoms with Crippen LogP contribution in [0.1, 0.15) is 6.42 Å². The summed E-state index contributed by atoms with van der Waals surface area (Å²) in [5.41, 5.74) is 0. The molecule has 3 nitrogen and oxygen atoms in total. The molecule has 0 heterocycles. The summed E-state index contributed by atoms with van der Waals surface area (Å²) in [5, 5.41) is 15.3. The van der Waals surface area contributed by atoms with Gasteiger partial charge >= 0.3 is 5.97 Å². The minimum atomic E-state index is -0.829. The van der Waals surface area contributed by atoms with E-state index in [2.05, 4.69) is 13.2 Å². The summed E-state index contributed by atoms with van der Waals surface area (Å²) in [4.78, 5) is 9.53. The third-order valence-corrected chi connectivity index (χ3v) is 0.410. The SMILES string of the molecule is C=CC#N.C=CCC(=O)O. The Kier molecular flexibility index (Phi) is 11.7. The Morgan fingerprint density at radius 2 is 2.10 bits per heavy atom. The normalized spacial score (nSPS) is 5.90. The number of nitriles is 1. The van der Waals surface area contributed by atoms with Crippen molar-refractivity contribution >= 4 is 5.97 Å². The van der Waals surface area contributed by atoms with Crippen molar-refractivity contribution in [2.75, 3.05) is 0 Å². The van der Waals surface area contributed by atoms with Crippen LogP contribution in [0.3, 0.4) is 0 Å². The lowest BCUT2D eigenvalue weighted by Gasteiger charge is -1.75. The van der Waals surface area contributed by atoms with Crippen LogP contribution in [0, 0.1) is 11.3 Å². The van der Waals surface area contributed by atoms with Gasteiger partial charge in [0, 0.05) is 6.08 Å². The lowest BCUT2D eigenvalue weighted by molar-refractivity contribution is -0.135. The maximum Gasteiger partial charge on any atom is 0.307 e. The highest BCUT2D eigenvalue weighted by Crippen LogP contribution is 1.74. The molecule has 0 radical (unpaired) electrons. The molecule has 1 N–H and O–H groups in total. The molecule has 0 amide bonds. The van der Waals surface area contributed by atoms with Crippen LogP contribution < -0.4 is 0 Å². The maximum atomic E-state index is 9.53. The van der Waals surface area contributed by atoms with Gasteiger partial charge in [-0.1, -0.05) is 12.7 Å². The standard InChI is InChI=1S/C4H6O2.C3H3N/c1-2-3-4(5)6;1-2-3-4/h2H,1,3H2,(H,5,6);2H,1H2. The smallest absolute Gasteiger partial charge is 0.307 e. The molecule has 0 aromatic carbocycles. The first kappa shape index (κ1) is 11.3. The molecule has 0 unspecified atom stereocenters. The van der Waals surface area contributed by atoms with Crippen LogP contribution in [-0.2, 0) is 4.79 Å². The number of hydrogen-bond donors (Lipinski definition) is 1. The Bertz CT molecular complexity index is 155. The lowest BCUT2D eigenvalue weighted by atomic mass is 10.4. The molecule has 0 aromatic heterocycles. The van der Waals surface area contributed by atoms with E-state index in [9.17, 15) is 4.79 Å². The van der Waals surface area contributed by atoms with Gasteiger partial charge in [0.2, 0.25) is 0 Å². The summed E-state index contributed by atoms with van der Waals surface area (Å²) in [5.74, 6) is -0.829. The second kappa shape index (κ2) is 10.4. The van der Waals surface area contributed by atoms with Gasteiger partial charge in [0.25, 0.3) is 0 Å². The van der Waals surface area contributed by atoms with Gasteiger partial charge in [0.15, 0.2) is 0 Å². The first-order valence-corrected chi connectivity index (χ1v) is 2.52. The first-order valence-electron chi connectivity index (χ1n) is 2.52. The number of rotatable bonds is 2. The van der Waals surface area contributed by atoms with E-state index in [1.807, 2.05) is 0 Å². The molecule has 0 saturated carbocycles. The second-order valence-corrected chi connectivity index (χ2v) is 1.22. The predicted octanol–water partition coefficient (Wildman–Crippen LogP) is 1.34. The molecule has 0 rings (SSSR count). The second-order valence-electron chi connectivity index (χ2n) is 1.22. The van der Waals surface area contributed by atoms with Crippen LogP contribution in [-0.4, -0.2) is 11.1 Å². The number of hydrogen-bond acceptors (Lipinski definition) is 2. The molecular formula is C7H9NO2. The van der Waals surface area contributed by atoms with E-state index < -0.39 is 5.97 Å². The van der Waals surface area contributed by atoms with Crippen molar-refractivity contribution in [1.82, 2.24) is 0 Å². The zero-order valence-electron chi connectivity index (χ0n) is 5.58. The van der Waals surface area contributed by atoms with Crippen molar-refractivity contribution in [2.24, 2.45) is 0 Å². The van der Waals surface area contributed by atoms with Gasteiger partial charge in [-0.25, -0.2) is 0 Å². The van der Waals surface area contributed by atoms with Crippen molar-refractivity contribution in [3.05, 3.63) is 25.3 Å². The highest BCUT2D eigenvalue weighted by Gasteiger charge is 1.84. The fraction of sp³-hybridized carbons (Fsp3) is 0.143. The summed E-state index contributed by atoms with van der Waals surface area (Å²) in [7, 11) is 0. The fourth-order valence-corrected chi connectivity index (χ4v) is 0.123. The van der Waals surface area contributed by atoms with Crippen LogP contribution in [0.2, 0.25) is 0 Å². The van der Waals surface area contributed by atoms with Gasteiger partial charge in [-0.05, 0) is 0 Å². The highest BCUT2D eigenvalue weighted by atomic mass is 16.4. The predicted molar refractivity (Wildman–Crippen MR) is 38.3 cm³/mol. The number of allylic oxidation sites excluding steroid dienone is 1. The molecule has 0 atom stereocenters. The highest BCUT2D eigenvalue weighted by molar-refractivity contribution is 5.68. The average molecular weight is 139 g/mol. The van der Waals surface area contributed by atoms with Crippen LogP contribution in [0.15, 0.2) is 25.3 Å². The van der Waals surface area contributed by atoms with E-state index in [1.54, 1.807) is 6.07 Å². The minimum Gasteiger partial charge on any atom is -0.481 e. The number of aliphatic carboxylic acids is 1. The summed E-state index contributed by atoms with van der Waals surface area (Å²) < 4.78 is 0. The van der Waals surface area contributed by atoms with E-state index in [0.29, 0.717) is 0 Å². The lowest BCUT2D eigenvalue weighted by Crippen LogP contribution is -1.88. The van der Waals surface area contributed by atoms with Crippen molar-refractivity contribution in [3.63, 3.8) is 0 Å². The number of carboxylic acids is 1. The first-order chi connectivity index (χ1) is 4.68. The van der Waals surface area contributed by atoms with Gasteiger partial charge in [-0.15, -0.1) is 6.58 Å². The summed E-state index contributed by atoms with van der Waals surface area (Å²) in [6, 6.07) is 1.69.